The molecule has 4 atom stereocenters. The van der Waals surface area contributed by atoms with Gasteiger partial charge in [0.1, 0.15) is 17.1 Å². The summed E-state index contributed by atoms with van der Waals surface area (Å²) in [5.41, 5.74) is 0.0774. The van der Waals surface area contributed by atoms with Gasteiger partial charge in [0.05, 0.1) is 39.5 Å². The molecule has 1 saturated carbocycles. The highest BCUT2D eigenvalue weighted by atomic mass is 16.6. The second-order valence-corrected chi connectivity index (χ2v) is 11.9. The average Bonchev–Trinajstić information content (AvgIpc) is 3.68. The third-order valence-corrected chi connectivity index (χ3v) is 8.55. The van der Waals surface area contributed by atoms with Crippen molar-refractivity contribution in [1.29, 1.82) is 0 Å². The van der Waals surface area contributed by atoms with Gasteiger partial charge in [0.25, 0.3) is 0 Å². The number of nitrogens with one attached hydrogen (secondary N) is 1. The number of Topliss-reactive ketones (excluding diaryl/α,β-unsaturated/α-hetero) is 3. The molecule has 220 valence electrons. The molecular formula is C31H44N2O7. The molecule has 40 heavy (non-hydrogen) atoms. The molecule has 1 aromatic rings. The lowest BCUT2D eigenvalue weighted by molar-refractivity contribution is -0.135. The van der Waals surface area contributed by atoms with Gasteiger partial charge in [-0.05, 0) is 43.4 Å². The maximum absolute atomic E-state index is 13.7. The van der Waals surface area contributed by atoms with Crippen molar-refractivity contribution in [2.45, 2.75) is 70.4 Å². The van der Waals surface area contributed by atoms with Crippen molar-refractivity contribution in [3.63, 3.8) is 0 Å². The van der Waals surface area contributed by atoms with Gasteiger partial charge in [0, 0.05) is 37.8 Å². The summed E-state index contributed by atoms with van der Waals surface area (Å²) in [6, 6.07) is 6.58. The largest absolute Gasteiger partial charge is 0.497 e. The Morgan fingerprint density at radius 2 is 1.77 bits per heavy atom. The minimum absolute atomic E-state index is 0.00795. The standard InChI is InChI=1S/C31H44N2O7/c1-21(15-25(34)19-33-11-13-39-14-12-33)30(37)32-27(17-23-7-9-26(38-3)10-8-23)28(35)18-24(16-22-5-4-6-22)29(36)31(2)20-40-31/h7-10,21-22,24,27H,4-6,11-20H2,1-3H3,(H,32,37)/t21-,24-,27+,31-/m1/s1. The van der Waals surface area contributed by atoms with Crippen LogP contribution in [0.4, 0.5) is 0 Å². The van der Waals surface area contributed by atoms with Crippen LogP contribution in [0.2, 0.25) is 0 Å². The number of hydrogen-bond acceptors (Lipinski definition) is 8. The van der Waals surface area contributed by atoms with E-state index < -0.39 is 23.5 Å². The first-order valence-electron chi connectivity index (χ1n) is 14.6. The molecule has 1 aliphatic carbocycles. The second kappa shape index (κ2) is 13.8. The smallest absolute Gasteiger partial charge is 0.223 e. The molecule has 1 aromatic carbocycles. The third kappa shape index (κ3) is 8.44. The average molecular weight is 557 g/mol. The number of hydrogen-bond donors (Lipinski definition) is 1. The number of benzene rings is 1. The van der Waals surface area contributed by atoms with Gasteiger partial charge in [-0.1, -0.05) is 38.3 Å². The SMILES string of the molecule is COc1ccc(C[C@H](NC(=O)[C@H](C)CC(=O)CN2CCOCC2)C(=O)C[C@@H](CC2CCC2)C(=O)[C@@]2(C)CO2)cc1. The van der Waals surface area contributed by atoms with E-state index in [-0.39, 0.29) is 36.1 Å². The van der Waals surface area contributed by atoms with Gasteiger partial charge in [-0.25, -0.2) is 0 Å². The van der Waals surface area contributed by atoms with Gasteiger partial charge in [-0.3, -0.25) is 24.1 Å². The first kappa shape index (κ1) is 30.3. The van der Waals surface area contributed by atoms with Gasteiger partial charge in [-0.15, -0.1) is 0 Å². The maximum atomic E-state index is 13.7. The van der Waals surface area contributed by atoms with E-state index in [1.807, 2.05) is 29.2 Å². The number of morpholine rings is 1. The van der Waals surface area contributed by atoms with Crippen LogP contribution in [0.3, 0.4) is 0 Å². The van der Waals surface area contributed by atoms with E-state index in [4.69, 9.17) is 14.2 Å². The predicted molar refractivity (Wildman–Crippen MR) is 149 cm³/mol. The highest BCUT2D eigenvalue weighted by Crippen LogP contribution is 2.38. The molecule has 2 aliphatic heterocycles. The van der Waals surface area contributed by atoms with Crippen molar-refractivity contribution in [3.8, 4) is 5.75 Å². The van der Waals surface area contributed by atoms with Gasteiger partial charge in [-0.2, -0.15) is 0 Å². The summed E-state index contributed by atoms with van der Waals surface area (Å²) >= 11 is 0. The lowest BCUT2D eigenvalue weighted by Crippen LogP contribution is -2.46. The van der Waals surface area contributed by atoms with Crippen LogP contribution in [0.15, 0.2) is 24.3 Å². The fraction of sp³-hybridized carbons (Fsp3) is 0.677. The van der Waals surface area contributed by atoms with E-state index >= 15 is 0 Å². The number of rotatable bonds is 16. The lowest BCUT2D eigenvalue weighted by atomic mass is 9.74. The molecule has 0 aromatic heterocycles. The fourth-order valence-electron chi connectivity index (χ4n) is 5.55. The van der Waals surface area contributed by atoms with E-state index in [0.29, 0.717) is 64.0 Å². The minimum atomic E-state index is -0.803. The predicted octanol–water partition coefficient (Wildman–Crippen LogP) is 2.77. The van der Waals surface area contributed by atoms with Crippen LogP contribution in [0.1, 0.15) is 57.9 Å². The van der Waals surface area contributed by atoms with Crippen molar-refractivity contribution in [3.05, 3.63) is 29.8 Å². The number of methoxy groups -OCH3 is 1. The van der Waals surface area contributed by atoms with Crippen molar-refractivity contribution in [2.24, 2.45) is 17.8 Å². The Hall–Kier alpha value is -2.62. The van der Waals surface area contributed by atoms with Crippen molar-refractivity contribution in [2.75, 3.05) is 46.6 Å². The van der Waals surface area contributed by atoms with Crippen molar-refractivity contribution >= 4 is 23.3 Å². The molecule has 0 spiro atoms. The third-order valence-electron chi connectivity index (χ3n) is 8.55. The number of carbonyl (C=O) groups is 4. The summed E-state index contributed by atoms with van der Waals surface area (Å²) < 4.78 is 16.0. The molecule has 0 radical (unpaired) electrons. The quantitative estimate of drug-likeness (QED) is 0.309. The second-order valence-electron chi connectivity index (χ2n) is 11.9. The first-order valence-corrected chi connectivity index (χ1v) is 14.6. The number of carbonyl (C=O) groups excluding carboxylic acids is 4. The minimum Gasteiger partial charge on any atom is -0.497 e. The summed E-state index contributed by atoms with van der Waals surface area (Å²) in [4.78, 5) is 55.0. The summed E-state index contributed by atoms with van der Waals surface area (Å²) in [5.74, 6) is -0.364. The van der Waals surface area contributed by atoms with Crippen molar-refractivity contribution < 1.29 is 33.4 Å². The topological polar surface area (TPSA) is 115 Å². The van der Waals surface area contributed by atoms with Gasteiger partial charge in [0.2, 0.25) is 5.91 Å². The Morgan fingerprint density at radius 3 is 2.35 bits per heavy atom. The van der Waals surface area contributed by atoms with Crippen LogP contribution in [0, 0.1) is 17.8 Å². The van der Waals surface area contributed by atoms with Crippen LogP contribution < -0.4 is 10.1 Å². The molecule has 2 saturated heterocycles. The van der Waals surface area contributed by atoms with Crippen LogP contribution in [0.25, 0.3) is 0 Å². The summed E-state index contributed by atoms with van der Waals surface area (Å²) in [7, 11) is 1.59. The number of ether oxygens (including phenoxy) is 3. The maximum Gasteiger partial charge on any atom is 0.223 e. The van der Waals surface area contributed by atoms with Crippen molar-refractivity contribution in [1.82, 2.24) is 10.2 Å². The molecule has 1 amide bonds. The number of amides is 1. The number of ketones is 3. The molecule has 2 heterocycles. The number of epoxide rings is 1. The molecule has 0 bridgehead atoms. The molecule has 9 nitrogen and oxygen atoms in total. The molecular weight excluding hydrogens is 512 g/mol. The normalized spacial score (nSPS) is 23.4. The van der Waals surface area contributed by atoms with Gasteiger partial charge < -0.3 is 19.5 Å². The zero-order chi connectivity index (χ0) is 28.7. The van der Waals surface area contributed by atoms with Crippen LogP contribution in [-0.4, -0.2) is 86.4 Å². The van der Waals surface area contributed by atoms with E-state index in [9.17, 15) is 19.2 Å². The van der Waals surface area contributed by atoms with E-state index in [1.54, 1.807) is 21.0 Å². The molecule has 3 fully saturated rings. The Bertz CT molecular complexity index is 1040. The lowest BCUT2D eigenvalue weighted by Gasteiger charge is -2.30. The van der Waals surface area contributed by atoms with E-state index in [2.05, 4.69) is 5.32 Å². The monoisotopic (exact) mass is 556 g/mol. The zero-order valence-corrected chi connectivity index (χ0v) is 24.1. The highest BCUT2D eigenvalue weighted by Gasteiger charge is 2.50. The summed E-state index contributed by atoms with van der Waals surface area (Å²) in [6.07, 6.45) is 4.46. The van der Waals surface area contributed by atoms with Gasteiger partial charge in [0.15, 0.2) is 11.6 Å². The zero-order valence-electron chi connectivity index (χ0n) is 24.1. The van der Waals surface area contributed by atoms with E-state index in [1.165, 1.54) is 0 Å². The number of nitrogens with zero attached hydrogens (tertiary/aromatic N) is 1. The molecule has 0 unspecified atom stereocenters. The van der Waals surface area contributed by atoms with Crippen LogP contribution in [-0.2, 0) is 35.1 Å². The van der Waals surface area contributed by atoms with Gasteiger partial charge >= 0.3 is 0 Å². The fourth-order valence-corrected chi connectivity index (χ4v) is 5.55. The Kier molecular flexibility index (Phi) is 10.5. The summed E-state index contributed by atoms with van der Waals surface area (Å²) in [5, 5.41) is 2.93. The highest BCUT2D eigenvalue weighted by molar-refractivity contribution is 5.97. The van der Waals surface area contributed by atoms with Crippen LogP contribution in [0.5, 0.6) is 5.75 Å². The Labute approximate surface area is 237 Å². The summed E-state index contributed by atoms with van der Waals surface area (Å²) in [6.45, 7) is 6.81. The van der Waals surface area contributed by atoms with Crippen LogP contribution >= 0.6 is 0 Å². The Morgan fingerprint density at radius 1 is 1.10 bits per heavy atom. The Balaban J connectivity index is 1.42. The first-order chi connectivity index (χ1) is 19.2. The van der Waals surface area contributed by atoms with E-state index in [0.717, 1.165) is 24.8 Å². The molecule has 9 heteroatoms. The molecule has 4 rings (SSSR count). The molecule has 1 N–H and O–H groups in total. The molecule has 3 aliphatic rings.